The van der Waals surface area contributed by atoms with Crippen molar-refractivity contribution in [2.75, 3.05) is 27.6 Å². The average Bonchev–Trinajstić information content (AvgIpc) is 3.11. The Bertz CT molecular complexity index is 755. The van der Waals surface area contributed by atoms with E-state index in [1.807, 2.05) is 33.8 Å². The second-order valence-corrected chi connectivity index (χ2v) is 10.2. The van der Waals surface area contributed by atoms with E-state index in [0.717, 1.165) is 12.0 Å². The van der Waals surface area contributed by atoms with Crippen LogP contribution in [0.2, 0.25) is 0 Å². The number of carbonyl (C=O) groups excluding carboxylic acids is 1. The van der Waals surface area contributed by atoms with Crippen molar-refractivity contribution in [3.8, 4) is 0 Å². The molecule has 5 atom stereocenters. The number of fused-ring (bicyclic) bond motifs is 1. The molecular formula is C24H38O7. The Morgan fingerprint density at radius 2 is 1.97 bits per heavy atom. The van der Waals surface area contributed by atoms with Crippen molar-refractivity contribution >= 4 is 5.97 Å². The van der Waals surface area contributed by atoms with Gasteiger partial charge in [0.05, 0.1) is 19.6 Å². The molecule has 0 bridgehead atoms. The molecule has 7 heteroatoms. The summed E-state index contributed by atoms with van der Waals surface area (Å²) >= 11 is 0. The lowest BCUT2D eigenvalue weighted by molar-refractivity contribution is -0.297. The van der Waals surface area contributed by atoms with Crippen molar-refractivity contribution in [2.45, 2.75) is 77.5 Å². The summed E-state index contributed by atoms with van der Waals surface area (Å²) in [7, 11) is 3.13. The van der Waals surface area contributed by atoms with Crippen molar-refractivity contribution in [3.05, 3.63) is 24.0 Å². The van der Waals surface area contributed by atoms with Gasteiger partial charge in [-0.25, -0.2) is 0 Å². The third kappa shape index (κ3) is 3.63. The monoisotopic (exact) mass is 438 g/mol. The van der Waals surface area contributed by atoms with Gasteiger partial charge >= 0.3 is 5.97 Å². The van der Waals surface area contributed by atoms with Gasteiger partial charge < -0.3 is 28.4 Å². The Morgan fingerprint density at radius 1 is 1.29 bits per heavy atom. The van der Waals surface area contributed by atoms with Crippen LogP contribution in [0.5, 0.6) is 0 Å². The first-order valence-corrected chi connectivity index (χ1v) is 10.9. The van der Waals surface area contributed by atoms with Crippen LogP contribution in [0.1, 0.15) is 54.4 Å². The Labute approximate surface area is 186 Å². The minimum Gasteiger partial charge on any atom is -0.499 e. The second-order valence-electron chi connectivity index (χ2n) is 10.2. The summed E-state index contributed by atoms with van der Waals surface area (Å²) in [6.07, 6.45) is 2.54. The van der Waals surface area contributed by atoms with Crippen LogP contribution in [0.3, 0.4) is 0 Å². The van der Waals surface area contributed by atoms with E-state index in [9.17, 15) is 4.79 Å². The van der Waals surface area contributed by atoms with Gasteiger partial charge in [0.1, 0.15) is 24.3 Å². The van der Waals surface area contributed by atoms with Gasteiger partial charge in [-0.3, -0.25) is 4.79 Å². The maximum absolute atomic E-state index is 13.5. The van der Waals surface area contributed by atoms with Crippen LogP contribution in [0.4, 0.5) is 0 Å². The molecule has 1 aliphatic carbocycles. The molecule has 3 aliphatic rings. The molecule has 2 saturated heterocycles. The summed E-state index contributed by atoms with van der Waals surface area (Å²) in [6.45, 7) is 16.4. The molecule has 0 spiro atoms. The van der Waals surface area contributed by atoms with Crippen molar-refractivity contribution in [2.24, 2.45) is 17.3 Å². The van der Waals surface area contributed by atoms with Crippen molar-refractivity contribution in [1.29, 1.82) is 0 Å². The first-order chi connectivity index (χ1) is 14.4. The zero-order chi connectivity index (χ0) is 23.2. The van der Waals surface area contributed by atoms with Gasteiger partial charge in [-0.2, -0.15) is 0 Å². The van der Waals surface area contributed by atoms with Gasteiger partial charge in [-0.15, -0.1) is 6.58 Å². The van der Waals surface area contributed by atoms with E-state index in [2.05, 4.69) is 20.4 Å². The molecule has 7 nitrogen and oxygen atoms in total. The molecule has 0 N–H and O–H groups in total. The topological polar surface area (TPSA) is 72.5 Å². The third-order valence-electron chi connectivity index (χ3n) is 7.08. The fraction of sp³-hybridized carbons (Fsp3) is 0.792. The van der Waals surface area contributed by atoms with Gasteiger partial charge in [0.2, 0.25) is 0 Å². The molecule has 0 aromatic rings. The summed E-state index contributed by atoms with van der Waals surface area (Å²) in [5.41, 5.74) is -1.05. The van der Waals surface area contributed by atoms with Crippen LogP contribution in [0, 0.1) is 17.3 Å². The summed E-state index contributed by atoms with van der Waals surface area (Å²) in [4.78, 5) is 13.5. The summed E-state index contributed by atoms with van der Waals surface area (Å²) in [5, 5.41) is 0. The normalized spacial score (nSPS) is 37.0. The lowest BCUT2D eigenvalue weighted by atomic mass is 9.44. The molecule has 0 aromatic heterocycles. The number of hydrogen-bond acceptors (Lipinski definition) is 7. The first-order valence-electron chi connectivity index (χ1n) is 10.9. The van der Waals surface area contributed by atoms with E-state index < -0.39 is 29.0 Å². The predicted molar refractivity (Wildman–Crippen MR) is 115 cm³/mol. The van der Waals surface area contributed by atoms with Gasteiger partial charge in [0.15, 0.2) is 11.4 Å². The highest BCUT2D eigenvalue weighted by Crippen LogP contribution is 2.70. The summed E-state index contributed by atoms with van der Waals surface area (Å²) < 4.78 is 35.7. The average molecular weight is 439 g/mol. The molecule has 0 amide bonds. The maximum atomic E-state index is 13.5. The zero-order valence-electron chi connectivity index (χ0n) is 20.2. The van der Waals surface area contributed by atoms with Gasteiger partial charge in [0, 0.05) is 24.9 Å². The first kappa shape index (κ1) is 24.2. The Kier molecular flexibility index (Phi) is 6.39. The molecule has 1 unspecified atom stereocenters. The molecule has 2 heterocycles. The molecular weight excluding hydrogens is 400 g/mol. The van der Waals surface area contributed by atoms with Gasteiger partial charge in [-0.1, -0.05) is 19.4 Å². The van der Waals surface area contributed by atoms with Crippen molar-refractivity contribution < 1.29 is 33.2 Å². The van der Waals surface area contributed by atoms with E-state index in [0.29, 0.717) is 18.8 Å². The quantitative estimate of drug-likeness (QED) is 0.233. The van der Waals surface area contributed by atoms with Crippen LogP contribution in [0.15, 0.2) is 24.0 Å². The van der Waals surface area contributed by atoms with Gasteiger partial charge in [-0.05, 0) is 40.2 Å². The minimum atomic E-state index is -0.865. The molecule has 176 valence electrons. The van der Waals surface area contributed by atoms with Crippen LogP contribution < -0.4 is 0 Å². The zero-order valence-corrected chi connectivity index (χ0v) is 20.2. The number of rotatable bonds is 9. The van der Waals surface area contributed by atoms with E-state index in [1.54, 1.807) is 14.2 Å². The highest BCUT2D eigenvalue weighted by Gasteiger charge is 2.81. The maximum Gasteiger partial charge on any atom is 0.313 e. The molecule has 1 saturated carbocycles. The highest BCUT2D eigenvalue weighted by molar-refractivity contribution is 5.79. The molecule has 3 fully saturated rings. The van der Waals surface area contributed by atoms with E-state index >= 15 is 0 Å². The molecule has 0 radical (unpaired) electrons. The van der Waals surface area contributed by atoms with Crippen LogP contribution in [-0.4, -0.2) is 56.7 Å². The van der Waals surface area contributed by atoms with Crippen LogP contribution in [-0.2, 0) is 33.2 Å². The number of carbonyl (C=O) groups is 1. The number of methoxy groups -OCH3 is 2. The number of hydrogen-bond donors (Lipinski definition) is 0. The van der Waals surface area contributed by atoms with Crippen molar-refractivity contribution in [3.63, 3.8) is 0 Å². The SMILES string of the molecule is C=C(C)CC1([C@@]23OC(=O)[C@@H]([C@H](OCOC)/C(=C/C)OC)[C@@H]2CC3(C)C)COC(C)(C)O1. The standard InChI is InChI=1S/C24H38O7/c1-10-17(27-9)19(28-14-26-8)18-16-12-21(4,5)24(16,30-20(18)25)23(11-15(2)3)13-29-22(6,7)31-23/h10,16,18-19H,2,11-14H2,1,3-9H3/b17-10-/t16-,18+,19+,23?,24+/m0/s1. The number of esters is 1. The lowest BCUT2D eigenvalue weighted by Crippen LogP contribution is -2.74. The van der Waals surface area contributed by atoms with E-state index in [1.165, 1.54) is 0 Å². The lowest BCUT2D eigenvalue weighted by Gasteiger charge is -2.64. The second kappa shape index (κ2) is 8.18. The smallest absolute Gasteiger partial charge is 0.313 e. The Hall–Kier alpha value is -1.41. The fourth-order valence-corrected chi connectivity index (χ4v) is 6.19. The molecule has 3 rings (SSSR count). The Balaban J connectivity index is 2.09. The van der Waals surface area contributed by atoms with E-state index in [4.69, 9.17) is 28.4 Å². The summed E-state index contributed by atoms with van der Waals surface area (Å²) in [5.74, 6) is -1.17. The molecule has 2 aliphatic heterocycles. The third-order valence-corrected chi connectivity index (χ3v) is 7.08. The minimum absolute atomic E-state index is 0.0435. The largest absolute Gasteiger partial charge is 0.499 e. The Morgan fingerprint density at radius 3 is 2.42 bits per heavy atom. The van der Waals surface area contributed by atoms with E-state index in [-0.39, 0.29) is 24.1 Å². The molecule has 0 aromatic carbocycles. The van der Waals surface area contributed by atoms with Crippen molar-refractivity contribution in [1.82, 2.24) is 0 Å². The number of allylic oxidation sites excluding steroid dienone is 1. The fourth-order valence-electron chi connectivity index (χ4n) is 6.19. The predicted octanol–water partition coefficient (Wildman–Crippen LogP) is 3.97. The summed E-state index contributed by atoms with van der Waals surface area (Å²) in [6, 6.07) is 0. The van der Waals surface area contributed by atoms with Crippen LogP contribution >= 0.6 is 0 Å². The van der Waals surface area contributed by atoms with Gasteiger partial charge in [0.25, 0.3) is 0 Å². The molecule has 31 heavy (non-hydrogen) atoms. The number of ether oxygens (including phenoxy) is 6. The van der Waals surface area contributed by atoms with Crippen LogP contribution in [0.25, 0.3) is 0 Å². The highest BCUT2D eigenvalue weighted by atomic mass is 16.8.